The van der Waals surface area contributed by atoms with E-state index in [1.54, 1.807) is 0 Å². The summed E-state index contributed by atoms with van der Waals surface area (Å²) in [4.78, 5) is 0. The van der Waals surface area contributed by atoms with E-state index in [0.717, 1.165) is 18.4 Å². The van der Waals surface area contributed by atoms with Gasteiger partial charge in [-0.2, -0.15) is 0 Å². The Morgan fingerprint density at radius 3 is 1.71 bits per heavy atom. The maximum atomic E-state index is 5.68. The van der Waals surface area contributed by atoms with Gasteiger partial charge >= 0.3 is 0 Å². The van der Waals surface area contributed by atoms with Crippen molar-refractivity contribution in [1.82, 2.24) is 0 Å². The van der Waals surface area contributed by atoms with Gasteiger partial charge in [0.25, 0.3) is 0 Å². The van der Waals surface area contributed by atoms with Gasteiger partial charge in [-0.3, -0.25) is 0 Å². The van der Waals surface area contributed by atoms with Crippen LogP contribution in [0.15, 0.2) is 0 Å². The molecule has 1 fully saturated rings. The van der Waals surface area contributed by atoms with Crippen molar-refractivity contribution in [3.8, 4) is 0 Å². The molecule has 1 aliphatic carbocycles. The van der Waals surface area contributed by atoms with Crippen LogP contribution >= 0.6 is 0 Å². The second-order valence-corrected chi connectivity index (χ2v) is 5.83. The molecule has 2 N–H and O–H groups in total. The van der Waals surface area contributed by atoms with E-state index in [0.29, 0.717) is 52.8 Å². The van der Waals surface area contributed by atoms with Crippen LogP contribution < -0.4 is 5.73 Å². The van der Waals surface area contributed by atoms with Crippen molar-refractivity contribution in [3.63, 3.8) is 0 Å². The first-order valence-electron chi connectivity index (χ1n) is 8.34. The molecule has 5 heteroatoms. The van der Waals surface area contributed by atoms with Crippen molar-refractivity contribution in [3.05, 3.63) is 0 Å². The molecule has 0 aromatic heterocycles. The molecular weight excluding hydrogens is 270 g/mol. The first kappa shape index (κ1) is 18.8. The molecule has 1 rings (SSSR count). The smallest absolute Gasteiger partial charge is 0.0701 e. The van der Waals surface area contributed by atoms with Crippen molar-refractivity contribution in [1.29, 1.82) is 0 Å². The Bertz CT molecular complexity index is 220. The van der Waals surface area contributed by atoms with E-state index in [9.17, 15) is 0 Å². The highest BCUT2D eigenvalue weighted by Crippen LogP contribution is 2.28. The molecule has 0 aliphatic heterocycles. The Balaban J connectivity index is 1.73. The number of ether oxygens (including phenoxy) is 4. The van der Waals surface area contributed by atoms with Gasteiger partial charge in [0.1, 0.15) is 0 Å². The van der Waals surface area contributed by atoms with Crippen LogP contribution in [0.5, 0.6) is 0 Å². The van der Waals surface area contributed by atoms with Gasteiger partial charge in [-0.25, -0.2) is 0 Å². The Kier molecular flexibility index (Phi) is 12.1. The predicted octanol–water partition coefficient (Wildman–Crippen LogP) is 1.84. The third-order valence-corrected chi connectivity index (χ3v) is 3.87. The Morgan fingerprint density at radius 1 is 0.714 bits per heavy atom. The summed E-state index contributed by atoms with van der Waals surface area (Å²) in [5, 5.41) is 0. The van der Waals surface area contributed by atoms with Gasteiger partial charge in [-0.05, 0) is 24.7 Å². The molecule has 1 aliphatic rings. The molecule has 0 heterocycles. The lowest BCUT2D eigenvalue weighted by Crippen LogP contribution is -2.19. The average Bonchev–Trinajstić information content (AvgIpc) is 2.50. The lowest BCUT2D eigenvalue weighted by Gasteiger charge is -2.25. The summed E-state index contributed by atoms with van der Waals surface area (Å²) in [6.07, 6.45) is 5.36. The molecular formula is C16H33NO4. The molecule has 5 nitrogen and oxygen atoms in total. The van der Waals surface area contributed by atoms with E-state index in [4.69, 9.17) is 24.7 Å². The summed E-state index contributed by atoms with van der Waals surface area (Å²) in [7, 11) is 0. The standard InChI is InChI=1S/C16H33NO4/c1-15-2-4-16(5-3-15)14-21-13-12-20-11-10-19-9-8-18-7-6-17/h15-16H,2-14,17H2,1H3/t15-,16-. The topological polar surface area (TPSA) is 62.9 Å². The highest BCUT2D eigenvalue weighted by molar-refractivity contribution is 4.69. The monoisotopic (exact) mass is 303 g/mol. The van der Waals surface area contributed by atoms with Crippen LogP contribution in [0.2, 0.25) is 0 Å². The van der Waals surface area contributed by atoms with Crippen molar-refractivity contribution >= 4 is 0 Å². The van der Waals surface area contributed by atoms with E-state index in [2.05, 4.69) is 6.92 Å². The van der Waals surface area contributed by atoms with Crippen LogP contribution in [0.3, 0.4) is 0 Å². The zero-order chi connectivity index (χ0) is 15.2. The zero-order valence-corrected chi connectivity index (χ0v) is 13.6. The summed E-state index contributed by atoms with van der Waals surface area (Å²) < 4.78 is 21.7. The fourth-order valence-electron chi connectivity index (χ4n) is 2.49. The van der Waals surface area contributed by atoms with Crippen LogP contribution in [0, 0.1) is 11.8 Å². The van der Waals surface area contributed by atoms with E-state index < -0.39 is 0 Å². The molecule has 21 heavy (non-hydrogen) atoms. The fraction of sp³-hybridized carbons (Fsp3) is 1.00. The Labute approximate surface area is 129 Å². The first-order valence-corrected chi connectivity index (χ1v) is 8.34. The van der Waals surface area contributed by atoms with Gasteiger partial charge in [-0.15, -0.1) is 0 Å². The molecule has 126 valence electrons. The fourth-order valence-corrected chi connectivity index (χ4v) is 2.49. The maximum Gasteiger partial charge on any atom is 0.0701 e. The van der Waals surface area contributed by atoms with Crippen LogP contribution in [0.25, 0.3) is 0 Å². The number of hydrogen-bond donors (Lipinski definition) is 1. The van der Waals surface area contributed by atoms with Crippen molar-refractivity contribution in [2.24, 2.45) is 17.6 Å². The highest BCUT2D eigenvalue weighted by atomic mass is 16.6. The predicted molar refractivity (Wildman–Crippen MR) is 83.5 cm³/mol. The Hall–Kier alpha value is -0.200. The quantitative estimate of drug-likeness (QED) is 0.526. The summed E-state index contributed by atoms with van der Waals surface area (Å²) in [5.41, 5.74) is 5.30. The van der Waals surface area contributed by atoms with Gasteiger partial charge in [0.05, 0.1) is 46.2 Å². The molecule has 0 saturated heterocycles. The third-order valence-electron chi connectivity index (χ3n) is 3.87. The Morgan fingerprint density at radius 2 is 1.19 bits per heavy atom. The third kappa shape index (κ3) is 11.1. The van der Waals surface area contributed by atoms with Crippen LogP contribution in [0.4, 0.5) is 0 Å². The lowest BCUT2D eigenvalue weighted by molar-refractivity contribution is -0.00764. The molecule has 0 amide bonds. The van der Waals surface area contributed by atoms with Crippen molar-refractivity contribution < 1.29 is 18.9 Å². The van der Waals surface area contributed by atoms with Gasteiger partial charge in [0, 0.05) is 13.2 Å². The van der Waals surface area contributed by atoms with Crippen LogP contribution in [0.1, 0.15) is 32.6 Å². The first-order chi connectivity index (χ1) is 10.3. The number of hydrogen-bond acceptors (Lipinski definition) is 5. The number of nitrogens with two attached hydrogens (primary N) is 1. The van der Waals surface area contributed by atoms with Gasteiger partial charge in [0.15, 0.2) is 0 Å². The van der Waals surface area contributed by atoms with Crippen molar-refractivity contribution in [2.75, 3.05) is 59.4 Å². The van der Waals surface area contributed by atoms with Gasteiger partial charge < -0.3 is 24.7 Å². The summed E-state index contributed by atoms with van der Waals surface area (Å²) in [6.45, 7) is 8.14. The highest BCUT2D eigenvalue weighted by Gasteiger charge is 2.17. The lowest BCUT2D eigenvalue weighted by atomic mass is 9.83. The molecule has 0 unspecified atom stereocenters. The van der Waals surface area contributed by atoms with Crippen LogP contribution in [-0.2, 0) is 18.9 Å². The van der Waals surface area contributed by atoms with Crippen LogP contribution in [-0.4, -0.2) is 59.4 Å². The molecule has 0 atom stereocenters. The second-order valence-electron chi connectivity index (χ2n) is 5.83. The van der Waals surface area contributed by atoms with E-state index in [-0.39, 0.29) is 0 Å². The SMILES string of the molecule is C[C@H]1CC[C@H](COCCOCCOCCOCCN)CC1. The van der Waals surface area contributed by atoms with E-state index in [1.165, 1.54) is 25.7 Å². The summed E-state index contributed by atoms with van der Waals surface area (Å²) >= 11 is 0. The van der Waals surface area contributed by atoms with E-state index >= 15 is 0 Å². The molecule has 0 aromatic carbocycles. The summed E-state index contributed by atoms with van der Waals surface area (Å²) in [5.74, 6) is 1.67. The van der Waals surface area contributed by atoms with E-state index in [1.807, 2.05) is 0 Å². The van der Waals surface area contributed by atoms with Gasteiger partial charge in [0.2, 0.25) is 0 Å². The minimum Gasteiger partial charge on any atom is -0.379 e. The molecule has 1 saturated carbocycles. The molecule has 0 bridgehead atoms. The summed E-state index contributed by atoms with van der Waals surface area (Å²) in [6, 6.07) is 0. The minimum absolute atomic E-state index is 0.559. The number of rotatable bonds is 13. The largest absolute Gasteiger partial charge is 0.379 e. The normalized spacial score (nSPS) is 22.6. The second kappa shape index (κ2) is 13.5. The minimum atomic E-state index is 0.559. The molecule has 0 aromatic rings. The molecule has 0 spiro atoms. The average molecular weight is 303 g/mol. The van der Waals surface area contributed by atoms with Crippen molar-refractivity contribution in [2.45, 2.75) is 32.6 Å². The zero-order valence-electron chi connectivity index (χ0n) is 13.6. The van der Waals surface area contributed by atoms with Gasteiger partial charge in [-0.1, -0.05) is 19.8 Å². The molecule has 0 radical (unpaired) electrons. The maximum absolute atomic E-state index is 5.68.